The minimum atomic E-state index is -1.63. The van der Waals surface area contributed by atoms with Crippen LogP contribution < -0.4 is 5.32 Å². The van der Waals surface area contributed by atoms with Gasteiger partial charge in [0.05, 0.1) is 19.6 Å². The second kappa shape index (κ2) is 12.5. The monoisotopic (exact) mass is 560 g/mol. The molecule has 3 aromatic rings. The average Bonchev–Trinajstić information content (AvgIpc) is 3.57. The Morgan fingerprint density at radius 2 is 1.62 bits per heavy atom. The summed E-state index contributed by atoms with van der Waals surface area (Å²) in [4.78, 5) is 35.1. The molecule has 0 aliphatic carbocycles. The first-order valence-corrected chi connectivity index (χ1v) is 13.0. The van der Waals surface area contributed by atoms with Gasteiger partial charge in [-0.2, -0.15) is 10.2 Å². The van der Waals surface area contributed by atoms with E-state index < -0.39 is 34.9 Å². The molecule has 1 aliphatic heterocycles. The minimum Gasteiger partial charge on any atom is -0.449 e. The maximum atomic E-state index is 15.2. The lowest BCUT2D eigenvalue weighted by Crippen LogP contribution is -2.46. The van der Waals surface area contributed by atoms with Gasteiger partial charge in [0.1, 0.15) is 42.5 Å². The predicted molar refractivity (Wildman–Crippen MR) is 138 cm³/mol. The molecule has 12 nitrogen and oxygen atoms in total. The number of esters is 1. The highest BCUT2D eigenvalue weighted by atomic mass is 19.1. The number of hydrogen-bond acceptors (Lipinski definition) is 9. The van der Waals surface area contributed by atoms with Crippen LogP contribution >= 0.6 is 0 Å². The number of carbonyl (C=O) groups excluding carboxylic acids is 2. The molecule has 1 N–H and O–H groups in total. The summed E-state index contributed by atoms with van der Waals surface area (Å²) < 4.78 is 43.2. The highest BCUT2D eigenvalue weighted by Gasteiger charge is 2.41. The van der Waals surface area contributed by atoms with Crippen LogP contribution in [0.15, 0.2) is 43.5 Å². The third kappa shape index (κ3) is 8.04. The van der Waals surface area contributed by atoms with E-state index in [1.54, 1.807) is 20.8 Å². The maximum Gasteiger partial charge on any atom is 0.407 e. The molecule has 0 bridgehead atoms. The van der Waals surface area contributed by atoms with Crippen molar-refractivity contribution in [3.8, 4) is 0 Å². The fraction of sp³-hybridized carbons (Fsp3) is 0.538. The SMILES string of the molecule is CC(C)(C)OC(=O)NCC1CCN(CC(=O)OC(Cn2cncn2)(Cn2cncn2)c2ccc(F)cc2F)CC1. The van der Waals surface area contributed by atoms with Crippen molar-refractivity contribution >= 4 is 12.1 Å². The summed E-state index contributed by atoms with van der Waals surface area (Å²) in [7, 11) is 0. The van der Waals surface area contributed by atoms with E-state index in [4.69, 9.17) is 9.47 Å². The third-order valence-electron chi connectivity index (χ3n) is 6.49. The highest BCUT2D eigenvalue weighted by Crippen LogP contribution is 2.33. The van der Waals surface area contributed by atoms with E-state index in [2.05, 4.69) is 25.5 Å². The first-order valence-electron chi connectivity index (χ1n) is 13.0. The van der Waals surface area contributed by atoms with E-state index in [9.17, 15) is 14.0 Å². The summed E-state index contributed by atoms with van der Waals surface area (Å²) in [6, 6.07) is 3.12. The van der Waals surface area contributed by atoms with Crippen LogP contribution in [0.3, 0.4) is 0 Å². The Kier molecular flexibility index (Phi) is 9.07. The van der Waals surface area contributed by atoms with Gasteiger partial charge in [-0.3, -0.25) is 9.69 Å². The molecule has 0 unspecified atom stereocenters. The minimum absolute atomic E-state index is 0.0276. The third-order valence-corrected chi connectivity index (χ3v) is 6.49. The number of alkyl carbamates (subject to hydrolysis) is 1. The molecule has 40 heavy (non-hydrogen) atoms. The number of nitrogens with zero attached hydrogens (tertiary/aromatic N) is 7. The van der Waals surface area contributed by atoms with Crippen LogP contribution in [0, 0.1) is 17.6 Å². The number of halogens is 2. The van der Waals surface area contributed by atoms with Gasteiger partial charge in [-0.15, -0.1) is 0 Å². The van der Waals surface area contributed by atoms with Crippen molar-refractivity contribution in [3.63, 3.8) is 0 Å². The second-order valence-electron chi connectivity index (χ2n) is 10.9. The lowest BCUT2D eigenvalue weighted by molar-refractivity contribution is -0.167. The second-order valence-corrected chi connectivity index (χ2v) is 10.9. The number of carbonyl (C=O) groups is 2. The standard InChI is InChI=1S/C26H34F2N8O4/c1-25(2,3)40-24(38)31-11-19-6-8-34(9-7-19)12-23(37)39-26(13-35-17-29-15-32-35,14-36-18-30-16-33-36)21-5-4-20(27)10-22(21)28/h4-5,10,15-19H,6-9,11-14H2,1-3H3,(H,31,38). The fourth-order valence-electron chi connectivity index (χ4n) is 4.67. The number of ether oxygens (including phenoxy) is 2. The molecule has 1 amide bonds. The molecule has 216 valence electrons. The Bertz CT molecular complexity index is 1220. The molecule has 1 aliphatic rings. The van der Waals surface area contributed by atoms with Crippen LogP contribution in [0.1, 0.15) is 39.2 Å². The molecule has 0 saturated carbocycles. The fourth-order valence-corrected chi connectivity index (χ4v) is 4.67. The van der Waals surface area contributed by atoms with Crippen molar-refractivity contribution < 1.29 is 27.8 Å². The molecule has 14 heteroatoms. The zero-order valence-corrected chi connectivity index (χ0v) is 22.8. The van der Waals surface area contributed by atoms with E-state index >= 15 is 4.39 Å². The summed E-state index contributed by atoms with van der Waals surface area (Å²) >= 11 is 0. The van der Waals surface area contributed by atoms with Gasteiger partial charge in [-0.25, -0.2) is 32.9 Å². The molecular weight excluding hydrogens is 526 g/mol. The predicted octanol–water partition coefficient (Wildman–Crippen LogP) is 2.52. The van der Waals surface area contributed by atoms with Crippen LogP contribution in [0.4, 0.5) is 13.6 Å². The van der Waals surface area contributed by atoms with Crippen molar-refractivity contribution in [2.45, 2.75) is 57.9 Å². The zero-order chi connectivity index (χ0) is 28.8. The number of piperidine rings is 1. The van der Waals surface area contributed by atoms with E-state index in [1.807, 2.05) is 4.90 Å². The molecule has 1 saturated heterocycles. The van der Waals surface area contributed by atoms with Crippen molar-refractivity contribution in [2.75, 3.05) is 26.2 Å². The first kappa shape index (κ1) is 29.1. The van der Waals surface area contributed by atoms with Gasteiger partial charge in [-0.1, -0.05) is 0 Å². The van der Waals surface area contributed by atoms with E-state index in [1.165, 1.54) is 40.7 Å². The van der Waals surface area contributed by atoms with Gasteiger partial charge in [0.25, 0.3) is 0 Å². The number of hydrogen-bond donors (Lipinski definition) is 1. The number of likely N-dealkylation sites (tertiary alicyclic amines) is 1. The number of aromatic nitrogens is 6. The summed E-state index contributed by atoms with van der Waals surface area (Å²) in [6.45, 7) is 6.89. The van der Waals surface area contributed by atoms with E-state index in [-0.39, 0.29) is 31.1 Å². The molecule has 0 radical (unpaired) electrons. The average molecular weight is 561 g/mol. The van der Waals surface area contributed by atoms with Gasteiger partial charge >= 0.3 is 12.1 Å². The van der Waals surface area contributed by atoms with Crippen LogP contribution in [0.25, 0.3) is 0 Å². The van der Waals surface area contributed by atoms with Gasteiger partial charge < -0.3 is 14.8 Å². The number of amides is 1. The molecule has 0 atom stereocenters. The molecule has 4 rings (SSSR count). The number of benzene rings is 1. The maximum absolute atomic E-state index is 15.2. The highest BCUT2D eigenvalue weighted by molar-refractivity contribution is 5.72. The summed E-state index contributed by atoms with van der Waals surface area (Å²) in [5, 5.41) is 11.0. The molecule has 3 heterocycles. The Hall–Kier alpha value is -3.94. The van der Waals surface area contributed by atoms with Crippen LogP contribution in [-0.4, -0.2) is 78.3 Å². The largest absolute Gasteiger partial charge is 0.449 e. The topological polar surface area (TPSA) is 129 Å². The summed E-state index contributed by atoms with van der Waals surface area (Å²) in [5.41, 5.74) is -2.23. The molecule has 2 aromatic heterocycles. The van der Waals surface area contributed by atoms with Crippen LogP contribution in [0.5, 0.6) is 0 Å². The lowest BCUT2D eigenvalue weighted by Gasteiger charge is -2.36. The quantitative estimate of drug-likeness (QED) is 0.372. The zero-order valence-electron chi connectivity index (χ0n) is 22.8. The molecular formula is C26H34F2N8O4. The summed E-state index contributed by atoms with van der Waals surface area (Å²) in [5.74, 6) is -1.97. The van der Waals surface area contributed by atoms with Crippen molar-refractivity contribution in [2.24, 2.45) is 5.92 Å². The molecule has 1 fully saturated rings. The van der Waals surface area contributed by atoms with E-state index in [0.717, 1.165) is 25.0 Å². The van der Waals surface area contributed by atoms with Gasteiger partial charge in [0.2, 0.25) is 0 Å². The van der Waals surface area contributed by atoms with Crippen molar-refractivity contribution in [1.82, 2.24) is 39.7 Å². The smallest absolute Gasteiger partial charge is 0.407 e. The van der Waals surface area contributed by atoms with Crippen molar-refractivity contribution in [1.29, 1.82) is 0 Å². The van der Waals surface area contributed by atoms with Crippen LogP contribution in [-0.2, 0) is 33.0 Å². The molecule has 1 aromatic carbocycles. The van der Waals surface area contributed by atoms with Crippen molar-refractivity contribution in [3.05, 3.63) is 60.7 Å². The molecule has 0 spiro atoms. The van der Waals surface area contributed by atoms with Gasteiger partial charge in [0.15, 0.2) is 5.60 Å². The van der Waals surface area contributed by atoms with Crippen LogP contribution in [0.2, 0.25) is 0 Å². The van der Waals surface area contributed by atoms with Gasteiger partial charge in [0, 0.05) is 18.2 Å². The summed E-state index contributed by atoms with van der Waals surface area (Å²) in [6.07, 6.45) is 6.53. The Morgan fingerprint density at radius 3 is 2.15 bits per heavy atom. The van der Waals surface area contributed by atoms with E-state index in [0.29, 0.717) is 19.6 Å². The Labute approximate surface area is 230 Å². The number of rotatable bonds is 10. The normalized spacial score (nSPS) is 15.1. The first-order chi connectivity index (χ1) is 19.0. The Balaban J connectivity index is 1.45. The Morgan fingerprint density at radius 1 is 1.00 bits per heavy atom. The number of nitrogens with one attached hydrogen (secondary N) is 1. The van der Waals surface area contributed by atoms with Gasteiger partial charge in [-0.05, 0) is 64.8 Å². The lowest BCUT2D eigenvalue weighted by atomic mass is 9.92.